The summed E-state index contributed by atoms with van der Waals surface area (Å²) in [6, 6.07) is 3.99. The van der Waals surface area contributed by atoms with E-state index in [2.05, 4.69) is 4.98 Å². The average Bonchev–Trinajstić information content (AvgIpc) is 1.81. The van der Waals surface area contributed by atoms with Crippen LogP contribution in [-0.4, -0.2) is 11.1 Å². The Bertz CT molecular complexity index is 248. The molecular weight excluding hydrogens is 150 g/mol. The minimum Gasteiger partial charge on any atom is -0.475 e. The van der Waals surface area contributed by atoms with Gasteiger partial charge in [-0.15, -0.1) is 0 Å². The molecule has 0 fully saturated rings. The first-order valence-electron chi connectivity index (χ1n) is 4.20. The van der Waals surface area contributed by atoms with E-state index in [9.17, 15) is 0 Å². The lowest BCUT2D eigenvalue weighted by atomic mass is 10.2. The summed E-state index contributed by atoms with van der Waals surface area (Å²) in [5.41, 5.74) is 2.20. The molecule has 0 aromatic carbocycles. The quantitative estimate of drug-likeness (QED) is 0.671. The van der Waals surface area contributed by atoms with Crippen molar-refractivity contribution < 1.29 is 4.74 Å². The first kappa shape index (κ1) is 9.04. The highest BCUT2D eigenvalue weighted by Gasteiger charge is 1.99. The molecule has 1 rings (SSSR count). The summed E-state index contributed by atoms with van der Waals surface area (Å²) in [6.45, 7) is 8.01. The highest BCUT2D eigenvalue weighted by molar-refractivity contribution is 5.23. The molecule has 0 aliphatic rings. The molecule has 0 aliphatic heterocycles. The Morgan fingerprint density at radius 2 is 1.92 bits per heavy atom. The fourth-order valence-corrected chi connectivity index (χ4v) is 1.11. The van der Waals surface area contributed by atoms with E-state index in [-0.39, 0.29) is 6.10 Å². The zero-order valence-corrected chi connectivity index (χ0v) is 8.09. The van der Waals surface area contributed by atoms with Gasteiger partial charge in [-0.1, -0.05) is 0 Å². The van der Waals surface area contributed by atoms with Gasteiger partial charge in [-0.25, -0.2) is 4.98 Å². The first-order valence-corrected chi connectivity index (χ1v) is 4.20. The zero-order chi connectivity index (χ0) is 9.14. The molecular formula is C10H15NO. The SMILES string of the molecule is Cc1cc(C)nc(OC(C)C)c1. The van der Waals surface area contributed by atoms with Crippen molar-refractivity contribution >= 4 is 0 Å². The summed E-state index contributed by atoms with van der Waals surface area (Å²) >= 11 is 0. The van der Waals surface area contributed by atoms with Crippen molar-refractivity contribution in [3.63, 3.8) is 0 Å². The Morgan fingerprint density at radius 3 is 2.42 bits per heavy atom. The summed E-state index contributed by atoms with van der Waals surface area (Å²) in [6.07, 6.45) is 0.193. The second kappa shape index (κ2) is 3.57. The molecule has 12 heavy (non-hydrogen) atoms. The Hall–Kier alpha value is -1.05. The highest BCUT2D eigenvalue weighted by atomic mass is 16.5. The van der Waals surface area contributed by atoms with Crippen molar-refractivity contribution in [2.45, 2.75) is 33.8 Å². The van der Waals surface area contributed by atoms with Gasteiger partial charge in [-0.3, -0.25) is 0 Å². The van der Waals surface area contributed by atoms with Crippen LogP contribution in [-0.2, 0) is 0 Å². The van der Waals surface area contributed by atoms with Gasteiger partial charge in [0.2, 0.25) is 5.88 Å². The summed E-state index contributed by atoms with van der Waals surface area (Å²) < 4.78 is 5.46. The second-order valence-electron chi connectivity index (χ2n) is 3.29. The molecule has 0 saturated heterocycles. The molecule has 1 aromatic rings. The third-order valence-corrected chi connectivity index (χ3v) is 1.43. The minimum atomic E-state index is 0.193. The minimum absolute atomic E-state index is 0.193. The van der Waals surface area contributed by atoms with Crippen LogP contribution >= 0.6 is 0 Å². The van der Waals surface area contributed by atoms with Gasteiger partial charge in [0.1, 0.15) is 0 Å². The number of pyridine rings is 1. The predicted molar refractivity (Wildman–Crippen MR) is 49.5 cm³/mol. The topological polar surface area (TPSA) is 22.1 Å². The van der Waals surface area contributed by atoms with Crippen molar-refractivity contribution in [3.8, 4) is 5.88 Å². The van der Waals surface area contributed by atoms with Crippen LogP contribution in [0.4, 0.5) is 0 Å². The van der Waals surface area contributed by atoms with E-state index < -0.39 is 0 Å². The van der Waals surface area contributed by atoms with Crippen LogP contribution in [0.5, 0.6) is 5.88 Å². The van der Waals surface area contributed by atoms with E-state index in [1.807, 2.05) is 39.8 Å². The number of aromatic nitrogens is 1. The fraction of sp³-hybridized carbons (Fsp3) is 0.500. The van der Waals surface area contributed by atoms with Crippen molar-refractivity contribution in [1.82, 2.24) is 4.98 Å². The van der Waals surface area contributed by atoms with Crippen LogP contribution in [0, 0.1) is 13.8 Å². The number of nitrogens with zero attached hydrogens (tertiary/aromatic N) is 1. The van der Waals surface area contributed by atoms with Gasteiger partial charge in [-0.2, -0.15) is 0 Å². The third kappa shape index (κ3) is 2.53. The van der Waals surface area contributed by atoms with E-state index >= 15 is 0 Å². The summed E-state index contributed by atoms with van der Waals surface area (Å²) in [7, 11) is 0. The lowest BCUT2D eigenvalue weighted by molar-refractivity contribution is 0.232. The molecule has 0 atom stereocenters. The maximum atomic E-state index is 5.46. The molecule has 0 saturated carbocycles. The molecule has 1 heterocycles. The standard InChI is InChI=1S/C10H15NO/c1-7(2)12-10-6-8(3)5-9(4)11-10/h5-7H,1-4H3. The van der Waals surface area contributed by atoms with Gasteiger partial charge in [0, 0.05) is 11.8 Å². The van der Waals surface area contributed by atoms with Crippen LogP contribution in [0.25, 0.3) is 0 Å². The maximum Gasteiger partial charge on any atom is 0.213 e. The van der Waals surface area contributed by atoms with Gasteiger partial charge in [0.15, 0.2) is 0 Å². The number of hydrogen-bond acceptors (Lipinski definition) is 2. The van der Waals surface area contributed by atoms with Crippen molar-refractivity contribution in [1.29, 1.82) is 0 Å². The lowest BCUT2D eigenvalue weighted by Crippen LogP contribution is -2.07. The van der Waals surface area contributed by atoms with E-state index in [1.165, 1.54) is 5.56 Å². The van der Waals surface area contributed by atoms with Gasteiger partial charge in [-0.05, 0) is 39.3 Å². The Labute approximate surface area is 73.6 Å². The highest BCUT2D eigenvalue weighted by Crippen LogP contribution is 2.12. The van der Waals surface area contributed by atoms with Crippen LogP contribution in [0.15, 0.2) is 12.1 Å². The molecule has 0 unspecified atom stereocenters. The van der Waals surface area contributed by atoms with Crippen LogP contribution in [0.3, 0.4) is 0 Å². The smallest absolute Gasteiger partial charge is 0.213 e. The second-order valence-corrected chi connectivity index (χ2v) is 3.29. The van der Waals surface area contributed by atoms with E-state index in [1.54, 1.807) is 0 Å². The van der Waals surface area contributed by atoms with E-state index in [0.29, 0.717) is 0 Å². The molecule has 2 heteroatoms. The molecule has 1 aromatic heterocycles. The third-order valence-electron chi connectivity index (χ3n) is 1.43. The number of aryl methyl sites for hydroxylation is 2. The van der Waals surface area contributed by atoms with Crippen LogP contribution in [0.1, 0.15) is 25.1 Å². The van der Waals surface area contributed by atoms with Crippen molar-refractivity contribution in [2.24, 2.45) is 0 Å². The zero-order valence-electron chi connectivity index (χ0n) is 8.09. The summed E-state index contributed by atoms with van der Waals surface area (Å²) in [5.74, 6) is 0.725. The van der Waals surface area contributed by atoms with Crippen molar-refractivity contribution in [2.75, 3.05) is 0 Å². The Kier molecular flexibility index (Phi) is 2.69. The normalized spacial score (nSPS) is 10.4. The molecule has 66 valence electrons. The Morgan fingerprint density at radius 1 is 1.25 bits per heavy atom. The molecule has 0 amide bonds. The van der Waals surface area contributed by atoms with E-state index in [0.717, 1.165) is 11.6 Å². The first-order chi connectivity index (χ1) is 5.58. The van der Waals surface area contributed by atoms with Gasteiger partial charge < -0.3 is 4.74 Å². The molecule has 0 aliphatic carbocycles. The van der Waals surface area contributed by atoms with Gasteiger partial charge >= 0.3 is 0 Å². The number of ether oxygens (including phenoxy) is 1. The fourth-order valence-electron chi connectivity index (χ4n) is 1.11. The van der Waals surface area contributed by atoms with Crippen molar-refractivity contribution in [3.05, 3.63) is 23.4 Å². The largest absolute Gasteiger partial charge is 0.475 e. The predicted octanol–water partition coefficient (Wildman–Crippen LogP) is 2.49. The molecule has 0 radical (unpaired) electrons. The Balaban J connectivity index is 2.85. The average molecular weight is 165 g/mol. The maximum absolute atomic E-state index is 5.46. The lowest BCUT2D eigenvalue weighted by Gasteiger charge is -2.09. The number of hydrogen-bond donors (Lipinski definition) is 0. The molecule has 0 spiro atoms. The molecule has 2 nitrogen and oxygen atoms in total. The molecule has 0 N–H and O–H groups in total. The van der Waals surface area contributed by atoms with E-state index in [4.69, 9.17) is 4.74 Å². The number of rotatable bonds is 2. The van der Waals surface area contributed by atoms with Crippen LogP contribution < -0.4 is 4.74 Å². The molecule has 0 bridgehead atoms. The summed E-state index contributed by atoms with van der Waals surface area (Å²) in [5, 5.41) is 0. The summed E-state index contributed by atoms with van der Waals surface area (Å²) in [4.78, 5) is 4.25. The van der Waals surface area contributed by atoms with Gasteiger partial charge in [0.05, 0.1) is 6.10 Å². The monoisotopic (exact) mass is 165 g/mol. The van der Waals surface area contributed by atoms with Crippen LogP contribution in [0.2, 0.25) is 0 Å². The van der Waals surface area contributed by atoms with Gasteiger partial charge in [0.25, 0.3) is 0 Å².